The van der Waals surface area contributed by atoms with Crippen LogP contribution in [0.2, 0.25) is 0 Å². The lowest BCUT2D eigenvalue weighted by atomic mass is 9.98. The summed E-state index contributed by atoms with van der Waals surface area (Å²) in [6.07, 6.45) is 1.61. The zero-order valence-electron chi connectivity index (χ0n) is 19.4. The van der Waals surface area contributed by atoms with Crippen LogP contribution in [0, 0.1) is 5.92 Å². The molecule has 1 aliphatic rings. The summed E-state index contributed by atoms with van der Waals surface area (Å²) in [7, 11) is 1.56. The summed E-state index contributed by atoms with van der Waals surface area (Å²) < 4.78 is 18.2. The van der Waals surface area contributed by atoms with Gasteiger partial charge in [-0.25, -0.2) is 4.98 Å². The van der Waals surface area contributed by atoms with Crippen LogP contribution in [0.4, 0.5) is 5.82 Å². The van der Waals surface area contributed by atoms with Crippen LogP contribution in [-0.2, 0) is 0 Å². The third-order valence-electron chi connectivity index (χ3n) is 5.80. The molecule has 0 spiro atoms. The van der Waals surface area contributed by atoms with Crippen molar-refractivity contribution in [3.8, 4) is 11.5 Å². The number of halogens is 1. The van der Waals surface area contributed by atoms with Crippen LogP contribution in [0.25, 0.3) is 11.0 Å². The molecule has 1 amide bonds. The number of nitrogens with zero attached hydrogens (tertiary/aromatic N) is 2. The zero-order chi connectivity index (χ0) is 24.7. The number of methoxy groups -OCH3 is 1. The molecular formula is C27H23BrN2O5. The van der Waals surface area contributed by atoms with E-state index in [1.165, 1.54) is 4.90 Å². The van der Waals surface area contributed by atoms with Crippen molar-refractivity contribution in [3.63, 3.8) is 0 Å². The van der Waals surface area contributed by atoms with Gasteiger partial charge < -0.3 is 13.9 Å². The van der Waals surface area contributed by atoms with Gasteiger partial charge in [-0.15, -0.1) is 0 Å². The van der Waals surface area contributed by atoms with E-state index in [-0.39, 0.29) is 16.8 Å². The Bertz CT molecular complexity index is 1480. The molecule has 1 aliphatic heterocycles. The molecule has 35 heavy (non-hydrogen) atoms. The fourth-order valence-corrected chi connectivity index (χ4v) is 4.58. The Kier molecular flexibility index (Phi) is 6.06. The van der Waals surface area contributed by atoms with Crippen molar-refractivity contribution in [2.75, 3.05) is 18.6 Å². The van der Waals surface area contributed by atoms with E-state index in [2.05, 4.69) is 34.8 Å². The number of aromatic nitrogens is 1. The number of hydrogen-bond donors (Lipinski definition) is 0. The Morgan fingerprint density at radius 3 is 2.63 bits per heavy atom. The molecule has 0 saturated carbocycles. The molecule has 1 atom stereocenters. The quantitative estimate of drug-likeness (QED) is 0.313. The van der Waals surface area contributed by atoms with Gasteiger partial charge in [-0.1, -0.05) is 41.9 Å². The van der Waals surface area contributed by atoms with Gasteiger partial charge in [-0.2, -0.15) is 0 Å². The second kappa shape index (κ2) is 9.19. The van der Waals surface area contributed by atoms with E-state index in [0.29, 0.717) is 46.4 Å². The van der Waals surface area contributed by atoms with Crippen LogP contribution in [0.5, 0.6) is 11.5 Å². The lowest BCUT2D eigenvalue weighted by molar-refractivity contribution is 0.0970. The molecule has 7 nitrogen and oxygen atoms in total. The van der Waals surface area contributed by atoms with Crippen LogP contribution in [-0.4, -0.2) is 24.6 Å². The van der Waals surface area contributed by atoms with Crippen LogP contribution in [0.1, 0.15) is 41.6 Å². The number of anilines is 1. The van der Waals surface area contributed by atoms with E-state index in [1.807, 2.05) is 6.07 Å². The van der Waals surface area contributed by atoms with Crippen LogP contribution < -0.4 is 19.8 Å². The molecule has 178 valence electrons. The van der Waals surface area contributed by atoms with E-state index < -0.39 is 11.9 Å². The fourth-order valence-electron chi connectivity index (χ4n) is 4.22. The number of benzene rings is 2. The highest BCUT2D eigenvalue weighted by Gasteiger charge is 2.44. The lowest BCUT2D eigenvalue weighted by Crippen LogP contribution is -2.30. The molecule has 0 saturated heterocycles. The molecule has 0 aliphatic carbocycles. The van der Waals surface area contributed by atoms with Crippen molar-refractivity contribution in [3.05, 3.63) is 92.4 Å². The average molecular weight is 535 g/mol. The van der Waals surface area contributed by atoms with Gasteiger partial charge in [0.05, 0.1) is 30.7 Å². The van der Waals surface area contributed by atoms with Gasteiger partial charge in [-0.3, -0.25) is 14.5 Å². The Labute approximate surface area is 210 Å². The minimum atomic E-state index is -0.750. The highest BCUT2D eigenvalue weighted by atomic mass is 79.9. The third kappa shape index (κ3) is 4.08. The monoisotopic (exact) mass is 534 g/mol. The topological polar surface area (TPSA) is 81.9 Å². The molecule has 2 aromatic heterocycles. The first-order chi connectivity index (χ1) is 16.9. The number of pyridine rings is 1. The summed E-state index contributed by atoms with van der Waals surface area (Å²) in [5, 5.41) is 0.391. The smallest absolute Gasteiger partial charge is 0.296 e. The summed E-state index contributed by atoms with van der Waals surface area (Å²) in [4.78, 5) is 33.3. The second-order valence-electron chi connectivity index (χ2n) is 8.70. The maximum atomic E-state index is 13.7. The summed E-state index contributed by atoms with van der Waals surface area (Å²) in [5.41, 5.74) is 1.03. The summed E-state index contributed by atoms with van der Waals surface area (Å²) in [6.45, 7) is 4.66. The van der Waals surface area contributed by atoms with Gasteiger partial charge in [-0.05, 0) is 53.9 Å². The Balaban J connectivity index is 1.73. The minimum absolute atomic E-state index is 0.0135. The minimum Gasteiger partial charge on any atom is -0.493 e. The van der Waals surface area contributed by atoms with E-state index in [4.69, 9.17) is 13.9 Å². The van der Waals surface area contributed by atoms with Crippen molar-refractivity contribution in [1.29, 1.82) is 0 Å². The third-order valence-corrected chi connectivity index (χ3v) is 6.30. The van der Waals surface area contributed by atoms with Crippen molar-refractivity contribution >= 4 is 38.6 Å². The van der Waals surface area contributed by atoms with Gasteiger partial charge in [0.15, 0.2) is 16.9 Å². The van der Waals surface area contributed by atoms with Crippen LogP contribution >= 0.6 is 15.9 Å². The Morgan fingerprint density at radius 2 is 1.91 bits per heavy atom. The van der Waals surface area contributed by atoms with E-state index in [0.717, 1.165) is 4.47 Å². The van der Waals surface area contributed by atoms with Gasteiger partial charge in [0.25, 0.3) is 5.91 Å². The first-order valence-electron chi connectivity index (χ1n) is 11.2. The maximum absolute atomic E-state index is 13.7. The summed E-state index contributed by atoms with van der Waals surface area (Å²) >= 11 is 3.42. The van der Waals surface area contributed by atoms with Crippen LogP contribution in [0.3, 0.4) is 0 Å². The normalized spacial score (nSPS) is 15.1. The number of amides is 1. The highest BCUT2D eigenvalue weighted by molar-refractivity contribution is 9.10. The van der Waals surface area contributed by atoms with Gasteiger partial charge in [0, 0.05) is 10.7 Å². The first-order valence-corrected chi connectivity index (χ1v) is 12.0. The molecular weight excluding hydrogens is 512 g/mol. The molecule has 4 aromatic rings. The fraction of sp³-hybridized carbons (Fsp3) is 0.222. The molecule has 2 aromatic carbocycles. The summed E-state index contributed by atoms with van der Waals surface area (Å²) in [6, 6.07) is 15.1. The molecule has 0 fully saturated rings. The SMILES string of the molecule is COc1cc(C2c3c(oc4ccc(Br)cc4c3=O)C(=O)N2c2ccccn2)ccc1OCC(C)C. The number of ether oxygens (including phenoxy) is 2. The molecule has 0 bridgehead atoms. The molecule has 8 heteroatoms. The van der Waals surface area contributed by atoms with Crippen molar-refractivity contribution in [1.82, 2.24) is 4.98 Å². The zero-order valence-corrected chi connectivity index (χ0v) is 21.0. The predicted octanol–water partition coefficient (Wildman–Crippen LogP) is 5.74. The van der Waals surface area contributed by atoms with Gasteiger partial charge >= 0.3 is 0 Å². The molecule has 1 unspecified atom stereocenters. The number of carbonyl (C=O) groups excluding carboxylic acids is 1. The molecule has 5 rings (SSSR count). The standard InChI is InChI=1S/C27H23BrN2O5/c1-15(2)14-34-20-9-7-16(12-21(20)33-3)24-23-25(31)18-13-17(28)8-10-19(18)35-26(23)27(32)30(24)22-6-4-5-11-29-22/h4-13,15,24H,14H2,1-3H3. The van der Waals surface area contributed by atoms with E-state index >= 15 is 0 Å². The average Bonchev–Trinajstić information content (AvgIpc) is 3.16. The summed E-state index contributed by atoms with van der Waals surface area (Å²) in [5.74, 6) is 1.45. The van der Waals surface area contributed by atoms with Crippen molar-refractivity contribution in [2.24, 2.45) is 5.92 Å². The number of rotatable bonds is 6. The first kappa shape index (κ1) is 23.1. The highest BCUT2D eigenvalue weighted by Crippen LogP contribution is 2.42. The van der Waals surface area contributed by atoms with Crippen molar-refractivity contribution < 1.29 is 18.7 Å². The second-order valence-corrected chi connectivity index (χ2v) is 9.61. The predicted molar refractivity (Wildman–Crippen MR) is 136 cm³/mol. The number of carbonyl (C=O) groups is 1. The van der Waals surface area contributed by atoms with Gasteiger partial charge in [0.1, 0.15) is 11.4 Å². The maximum Gasteiger partial charge on any atom is 0.296 e. The molecule has 0 radical (unpaired) electrons. The van der Waals surface area contributed by atoms with Gasteiger partial charge in [0.2, 0.25) is 5.76 Å². The largest absolute Gasteiger partial charge is 0.493 e. The molecule has 3 heterocycles. The van der Waals surface area contributed by atoms with E-state index in [1.54, 1.807) is 61.8 Å². The molecule has 0 N–H and O–H groups in total. The van der Waals surface area contributed by atoms with E-state index in [9.17, 15) is 9.59 Å². The number of hydrogen-bond acceptors (Lipinski definition) is 6. The Hall–Kier alpha value is -3.65. The lowest BCUT2D eigenvalue weighted by Gasteiger charge is -2.25. The van der Waals surface area contributed by atoms with Crippen molar-refractivity contribution in [2.45, 2.75) is 19.9 Å². The van der Waals surface area contributed by atoms with Crippen LogP contribution in [0.15, 0.2) is 74.5 Å². The number of fused-ring (bicyclic) bond motifs is 2. The Morgan fingerprint density at radius 1 is 1.09 bits per heavy atom.